The highest BCUT2D eigenvalue weighted by atomic mass is 127. The molecule has 0 fully saturated rings. The summed E-state index contributed by atoms with van der Waals surface area (Å²) in [7, 11) is -1.65. The molecule has 0 aliphatic carbocycles. The van der Waals surface area contributed by atoms with E-state index in [2.05, 4.69) is 25.4 Å². The molecular formula is C19H31IN6O3S. The van der Waals surface area contributed by atoms with Gasteiger partial charge in [-0.3, -0.25) is 4.68 Å². The van der Waals surface area contributed by atoms with Crippen LogP contribution in [0, 0.1) is 0 Å². The van der Waals surface area contributed by atoms with Crippen LogP contribution in [0.4, 0.5) is 0 Å². The molecule has 0 saturated carbocycles. The largest absolute Gasteiger partial charge is 0.383 e. The maximum Gasteiger partial charge on any atom is 0.213 e. The molecule has 0 amide bonds. The van der Waals surface area contributed by atoms with Gasteiger partial charge in [0.15, 0.2) is 5.96 Å². The zero-order chi connectivity index (χ0) is 21.3. The first-order chi connectivity index (χ1) is 13.7. The smallest absolute Gasteiger partial charge is 0.213 e. The van der Waals surface area contributed by atoms with E-state index in [-0.39, 0.29) is 49.4 Å². The summed E-state index contributed by atoms with van der Waals surface area (Å²) in [6.07, 6.45) is 3.34. The number of aromatic nitrogens is 2. The lowest BCUT2D eigenvalue weighted by atomic mass is 10.0. The van der Waals surface area contributed by atoms with Crippen molar-refractivity contribution < 1.29 is 13.5 Å². The van der Waals surface area contributed by atoms with E-state index in [9.17, 15) is 13.5 Å². The monoisotopic (exact) mass is 550 g/mol. The summed E-state index contributed by atoms with van der Waals surface area (Å²) in [5.41, 5.74) is 0.378. The van der Waals surface area contributed by atoms with Crippen molar-refractivity contribution in [2.45, 2.75) is 26.0 Å². The van der Waals surface area contributed by atoms with Crippen LogP contribution in [0.25, 0.3) is 0 Å². The second-order valence-corrected chi connectivity index (χ2v) is 8.85. The number of rotatable bonds is 10. The average molecular weight is 550 g/mol. The summed E-state index contributed by atoms with van der Waals surface area (Å²) in [6, 6.07) is 9.35. The third-order valence-corrected chi connectivity index (χ3v) is 5.54. The van der Waals surface area contributed by atoms with Crippen LogP contribution < -0.4 is 15.4 Å². The summed E-state index contributed by atoms with van der Waals surface area (Å²) in [4.78, 5) is 4.38. The summed E-state index contributed by atoms with van der Waals surface area (Å²) in [6.45, 7) is 4.73. The number of aliphatic hydroxyl groups is 1. The van der Waals surface area contributed by atoms with Crippen molar-refractivity contribution in [2.24, 2.45) is 12.0 Å². The van der Waals surface area contributed by atoms with Crippen molar-refractivity contribution in [1.29, 1.82) is 0 Å². The molecule has 168 valence electrons. The number of aliphatic imine (C=N–C) groups is 1. The van der Waals surface area contributed by atoms with Gasteiger partial charge in [-0.2, -0.15) is 5.10 Å². The fourth-order valence-electron chi connectivity index (χ4n) is 2.53. The quantitative estimate of drug-likeness (QED) is 0.199. The van der Waals surface area contributed by atoms with Crippen LogP contribution in [0.5, 0.6) is 0 Å². The van der Waals surface area contributed by atoms with E-state index in [1.165, 1.54) is 0 Å². The first-order valence-corrected chi connectivity index (χ1v) is 11.1. The molecule has 1 heterocycles. The minimum absolute atomic E-state index is 0. The van der Waals surface area contributed by atoms with Gasteiger partial charge in [-0.05, 0) is 19.4 Å². The van der Waals surface area contributed by atoms with E-state index < -0.39 is 15.6 Å². The van der Waals surface area contributed by atoms with E-state index in [1.54, 1.807) is 31.0 Å². The van der Waals surface area contributed by atoms with Gasteiger partial charge in [-0.25, -0.2) is 18.1 Å². The molecule has 1 atom stereocenters. The Morgan fingerprint density at radius 2 is 1.97 bits per heavy atom. The van der Waals surface area contributed by atoms with Crippen LogP contribution in [0.2, 0.25) is 0 Å². The van der Waals surface area contributed by atoms with Gasteiger partial charge in [0.25, 0.3) is 0 Å². The van der Waals surface area contributed by atoms with E-state index >= 15 is 0 Å². The predicted molar refractivity (Wildman–Crippen MR) is 129 cm³/mol. The number of halogens is 1. The van der Waals surface area contributed by atoms with Gasteiger partial charge in [0.2, 0.25) is 10.0 Å². The third kappa shape index (κ3) is 8.98. The Morgan fingerprint density at radius 1 is 1.27 bits per heavy atom. The molecule has 0 aliphatic rings. The lowest BCUT2D eigenvalue weighted by Crippen LogP contribution is -2.42. The molecule has 0 radical (unpaired) electrons. The Hall–Kier alpha value is -1.70. The lowest BCUT2D eigenvalue weighted by Gasteiger charge is -2.20. The van der Waals surface area contributed by atoms with Gasteiger partial charge in [0.05, 0.1) is 18.5 Å². The van der Waals surface area contributed by atoms with Crippen molar-refractivity contribution in [1.82, 2.24) is 25.1 Å². The van der Waals surface area contributed by atoms with Crippen LogP contribution in [0.15, 0.2) is 47.7 Å². The van der Waals surface area contributed by atoms with Crippen LogP contribution in [-0.4, -0.2) is 54.7 Å². The van der Waals surface area contributed by atoms with Crippen molar-refractivity contribution in [2.75, 3.05) is 25.4 Å². The molecule has 0 aliphatic heterocycles. The van der Waals surface area contributed by atoms with Gasteiger partial charge >= 0.3 is 0 Å². The Morgan fingerprint density at radius 3 is 2.57 bits per heavy atom. The summed E-state index contributed by atoms with van der Waals surface area (Å²) >= 11 is 0. The van der Waals surface area contributed by atoms with Crippen LogP contribution >= 0.6 is 24.0 Å². The normalized spacial score (nSPS) is 13.9. The zero-order valence-electron chi connectivity index (χ0n) is 17.5. The number of guanidine groups is 1. The summed E-state index contributed by atoms with van der Waals surface area (Å²) < 4.78 is 28.6. The fourth-order valence-corrected chi connectivity index (χ4v) is 3.43. The second kappa shape index (κ2) is 12.2. The highest BCUT2D eigenvalue weighted by molar-refractivity contribution is 14.0. The minimum atomic E-state index is -3.43. The van der Waals surface area contributed by atoms with E-state index in [0.29, 0.717) is 18.1 Å². The van der Waals surface area contributed by atoms with Crippen molar-refractivity contribution >= 4 is 40.0 Å². The lowest BCUT2D eigenvalue weighted by molar-refractivity contribution is 0.0672. The number of hydrogen-bond donors (Lipinski definition) is 4. The highest BCUT2D eigenvalue weighted by Gasteiger charge is 2.24. The number of aryl methyl sites for hydroxylation is 1. The standard InChI is InChI=1S/C19H30N6O3S.HI/c1-4-20-18(22-15-19(2,26)17-13-23-25(3)14-17)21-10-11-29(27,28)24-12-16-8-6-5-7-9-16;/h5-9,13-14,24,26H,4,10-12,15H2,1-3H3,(H2,20,21,22);1H. The molecule has 1 aromatic heterocycles. The van der Waals surface area contributed by atoms with Gasteiger partial charge in [-0.1, -0.05) is 30.3 Å². The van der Waals surface area contributed by atoms with Crippen molar-refractivity contribution in [3.05, 3.63) is 53.9 Å². The van der Waals surface area contributed by atoms with Gasteiger partial charge in [0.1, 0.15) is 5.60 Å². The zero-order valence-corrected chi connectivity index (χ0v) is 20.6. The second-order valence-electron chi connectivity index (χ2n) is 6.92. The summed E-state index contributed by atoms with van der Waals surface area (Å²) in [5, 5.41) is 20.7. The topological polar surface area (TPSA) is 121 Å². The molecule has 11 heteroatoms. The molecule has 4 N–H and O–H groups in total. The van der Waals surface area contributed by atoms with Gasteiger partial charge < -0.3 is 15.7 Å². The fraction of sp³-hybridized carbons (Fsp3) is 0.474. The SMILES string of the molecule is CCNC(=NCC(C)(O)c1cnn(C)c1)NCCS(=O)(=O)NCc1ccccc1.I. The summed E-state index contributed by atoms with van der Waals surface area (Å²) in [5.74, 6) is 0.346. The molecular weight excluding hydrogens is 519 g/mol. The molecule has 30 heavy (non-hydrogen) atoms. The Balaban J connectivity index is 0.00000450. The van der Waals surface area contributed by atoms with Gasteiger partial charge in [-0.15, -0.1) is 24.0 Å². The molecule has 0 saturated heterocycles. The molecule has 2 rings (SSSR count). The van der Waals surface area contributed by atoms with Crippen molar-refractivity contribution in [3.63, 3.8) is 0 Å². The molecule has 2 aromatic rings. The number of sulfonamides is 1. The number of benzene rings is 1. The first-order valence-electron chi connectivity index (χ1n) is 9.47. The average Bonchev–Trinajstić information content (AvgIpc) is 3.13. The number of nitrogens with one attached hydrogen (secondary N) is 3. The van der Waals surface area contributed by atoms with Crippen molar-refractivity contribution in [3.8, 4) is 0 Å². The van der Waals surface area contributed by atoms with E-state index in [1.807, 2.05) is 37.3 Å². The highest BCUT2D eigenvalue weighted by Crippen LogP contribution is 2.19. The van der Waals surface area contributed by atoms with E-state index in [4.69, 9.17) is 0 Å². The van der Waals surface area contributed by atoms with Gasteiger partial charge in [0, 0.05) is 38.4 Å². The van der Waals surface area contributed by atoms with Crippen LogP contribution in [-0.2, 0) is 29.2 Å². The molecule has 1 aromatic carbocycles. The number of hydrogen-bond acceptors (Lipinski definition) is 5. The predicted octanol–water partition coefficient (Wildman–Crippen LogP) is 0.920. The van der Waals surface area contributed by atoms with Crippen LogP contribution in [0.1, 0.15) is 25.0 Å². The Labute approximate surface area is 195 Å². The molecule has 0 bridgehead atoms. The molecule has 0 spiro atoms. The minimum Gasteiger partial charge on any atom is -0.383 e. The Kier molecular flexibility index (Phi) is 10.7. The number of nitrogens with zero attached hydrogens (tertiary/aromatic N) is 3. The third-order valence-electron chi connectivity index (χ3n) is 4.22. The van der Waals surface area contributed by atoms with Crippen LogP contribution in [0.3, 0.4) is 0 Å². The Bertz CT molecular complexity index is 900. The first kappa shape index (κ1) is 26.3. The molecule has 9 nitrogen and oxygen atoms in total. The maximum absolute atomic E-state index is 12.2. The van der Waals surface area contributed by atoms with E-state index in [0.717, 1.165) is 5.56 Å². The molecule has 1 unspecified atom stereocenters. The maximum atomic E-state index is 12.2.